The molecule has 0 saturated carbocycles. The van der Waals surface area contributed by atoms with Crippen LogP contribution in [0.25, 0.3) is 0 Å². The number of hydrogen-bond acceptors (Lipinski definition) is 2. The van der Waals surface area contributed by atoms with Gasteiger partial charge in [-0.15, -0.1) is 0 Å². The normalized spacial score (nSPS) is 13.1. The van der Waals surface area contributed by atoms with E-state index in [9.17, 15) is 4.79 Å². The largest absolute Gasteiger partial charge is 0.350 e. The Balaban J connectivity index is 2.63. The van der Waals surface area contributed by atoms with Crippen molar-refractivity contribution in [3.8, 4) is 0 Å². The van der Waals surface area contributed by atoms with E-state index >= 15 is 0 Å². The summed E-state index contributed by atoms with van der Waals surface area (Å²) < 4.78 is 0. The summed E-state index contributed by atoms with van der Waals surface area (Å²) in [6.07, 6.45) is 0.515. The lowest BCUT2D eigenvalue weighted by Crippen LogP contribution is -2.29. The number of rotatable bonds is 5. The smallest absolute Gasteiger partial charge is 0.221 e. The van der Waals surface area contributed by atoms with Crippen LogP contribution in [0.2, 0.25) is 0 Å². The van der Waals surface area contributed by atoms with Crippen LogP contribution in [0, 0.1) is 0 Å². The van der Waals surface area contributed by atoms with Crippen molar-refractivity contribution >= 4 is 5.91 Å². The fourth-order valence-electron chi connectivity index (χ4n) is 1.91. The monoisotopic (exact) mass is 262 g/mol. The Kier molecular flexibility index (Phi) is 5.55. The fraction of sp³-hybridized carbons (Fsp3) is 0.562. The summed E-state index contributed by atoms with van der Waals surface area (Å²) in [6, 6.07) is 8.54. The fourth-order valence-corrected chi connectivity index (χ4v) is 1.91. The van der Waals surface area contributed by atoms with E-state index < -0.39 is 0 Å². The van der Waals surface area contributed by atoms with Gasteiger partial charge in [-0.3, -0.25) is 4.79 Å². The maximum atomic E-state index is 11.7. The average molecular weight is 262 g/mol. The molecule has 0 bridgehead atoms. The van der Waals surface area contributed by atoms with E-state index in [1.54, 1.807) is 0 Å². The van der Waals surface area contributed by atoms with Gasteiger partial charge in [-0.05, 0) is 30.5 Å². The number of carbonyl (C=O) groups is 1. The van der Waals surface area contributed by atoms with Gasteiger partial charge in [0.1, 0.15) is 0 Å². The highest BCUT2D eigenvalue weighted by atomic mass is 16.1. The van der Waals surface area contributed by atoms with Crippen molar-refractivity contribution in [1.82, 2.24) is 10.6 Å². The van der Waals surface area contributed by atoms with Crippen LogP contribution < -0.4 is 10.6 Å². The quantitative estimate of drug-likeness (QED) is 0.856. The molecule has 1 amide bonds. The minimum atomic E-state index is 0.0541. The average Bonchev–Trinajstić information content (AvgIpc) is 2.35. The Morgan fingerprint density at radius 1 is 1.21 bits per heavy atom. The molecule has 0 aliphatic heterocycles. The van der Waals surface area contributed by atoms with Crippen molar-refractivity contribution in [3.05, 3.63) is 35.4 Å². The van der Waals surface area contributed by atoms with Crippen molar-refractivity contribution in [2.45, 2.75) is 45.6 Å². The first-order valence-corrected chi connectivity index (χ1v) is 6.89. The van der Waals surface area contributed by atoms with E-state index in [4.69, 9.17) is 0 Å². The predicted octanol–water partition coefficient (Wildman–Crippen LogP) is 2.77. The van der Waals surface area contributed by atoms with Gasteiger partial charge >= 0.3 is 0 Å². The van der Waals surface area contributed by atoms with Crippen LogP contribution in [0.5, 0.6) is 0 Å². The van der Waals surface area contributed by atoms with Gasteiger partial charge in [0.05, 0.1) is 6.04 Å². The zero-order chi connectivity index (χ0) is 14.5. The molecule has 1 aromatic rings. The number of amides is 1. The predicted molar refractivity (Wildman–Crippen MR) is 80.2 cm³/mol. The zero-order valence-electron chi connectivity index (χ0n) is 12.7. The molecule has 1 aromatic carbocycles. The molecule has 3 nitrogen and oxygen atoms in total. The second-order valence-corrected chi connectivity index (χ2v) is 6.01. The second-order valence-electron chi connectivity index (χ2n) is 6.01. The molecule has 1 atom stereocenters. The molecular formula is C16H26N2O. The van der Waals surface area contributed by atoms with E-state index in [2.05, 4.69) is 55.7 Å². The number of nitrogens with one attached hydrogen (secondary N) is 2. The third kappa shape index (κ3) is 5.03. The maximum absolute atomic E-state index is 11.7. The van der Waals surface area contributed by atoms with Crippen LogP contribution in [0.1, 0.15) is 51.3 Å². The minimum Gasteiger partial charge on any atom is -0.350 e. The second kappa shape index (κ2) is 6.71. The SMILES string of the molecule is CNCCC(=O)NC(C)c1ccc(C(C)(C)C)cc1. The third-order valence-corrected chi connectivity index (χ3v) is 3.26. The molecule has 0 saturated heterocycles. The van der Waals surface area contributed by atoms with Crippen LogP contribution in [-0.4, -0.2) is 19.5 Å². The van der Waals surface area contributed by atoms with Gasteiger partial charge in [0.2, 0.25) is 5.91 Å². The molecule has 2 N–H and O–H groups in total. The first-order chi connectivity index (χ1) is 8.84. The molecule has 1 unspecified atom stereocenters. The van der Waals surface area contributed by atoms with E-state index in [-0.39, 0.29) is 17.4 Å². The molecule has 106 valence electrons. The maximum Gasteiger partial charge on any atom is 0.221 e. The molecule has 3 heteroatoms. The summed E-state index contributed by atoms with van der Waals surface area (Å²) in [5.41, 5.74) is 2.62. The highest BCUT2D eigenvalue weighted by Gasteiger charge is 2.14. The van der Waals surface area contributed by atoms with Crippen LogP contribution in [-0.2, 0) is 10.2 Å². The third-order valence-electron chi connectivity index (χ3n) is 3.26. The van der Waals surface area contributed by atoms with Crippen LogP contribution in [0.15, 0.2) is 24.3 Å². The first kappa shape index (κ1) is 15.7. The summed E-state index contributed by atoms with van der Waals surface area (Å²) in [6.45, 7) is 9.33. The summed E-state index contributed by atoms with van der Waals surface area (Å²) >= 11 is 0. The molecule has 0 spiro atoms. The van der Waals surface area contributed by atoms with Crippen molar-refractivity contribution < 1.29 is 4.79 Å². The van der Waals surface area contributed by atoms with Crippen molar-refractivity contribution in [3.63, 3.8) is 0 Å². The van der Waals surface area contributed by atoms with Crippen LogP contribution in [0.3, 0.4) is 0 Å². The lowest BCUT2D eigenvalue weighted by molar-refractivity contribution is -0.121. The minimum absolute atomic E-state index is 0.0541. The lowest BCUT2D eigenvalue weighted by atomic mass is 9.86. The van der Waals surface area contributed by atoms with Gasteiger partial charge in [-0.25, -0.2) is 0 Å². The summed E-state index contributed by atoms with van der Waals surface area (Å²) in [5, 5.41) is 5.99. The van der Waals surface area contributed by atoms with Crippen molar-refractivity contribution in [2.24, 2.45) is 0 Å². The Bertz CT molecular complexity index is 404. The standard InChI is InChI=1S/C16H26N2O/c1-12(18-15(19)10-11-17-5)13-6-8-14(9-7-13)16(2,3)4/h6-9,12,17H,10-11H2,1-5H3,(H,18,19). The van der Waals surface area contributed by atoms with E-state index in [1.165, 1.54) is 5.56 Å². The Hall–Kier alpha value is -1.35. The molecular weight excluding hydrogens is 236 g/mol. The Morgan fingerprint density at radius 2 is 1.79 bits per heavy atom. The van der Waals surface area contributed by atoms with Crippen LogP contribution >= 0.6 is 0 Å². The van der Waals surface area contributed by atoms with E-state index in [1.807, 2.05) is 14.0 Å². The zero-order valence-corrected chi connectivity index (χ0v) is 12.7. The van der Waals surface area contributed by atoms with Crippen molar-refractivity contribution in [2.75, 3.05) is 13.6 Å². The molecule has 0 aliphatic rings. The van der Waals surface area contributed by atoms with Gasteiger partial charge in [0, 0.05) is 13.0 Å². The highest BCUT2D eigenvalue weighted by Crippen LogP contribution is 2.23. The van der Waals surface area contributed by atoms with Crippen LogP contribution in [0.4, 0.5) is 0 Å². The summed E-state index contributed by atoms with van der Waals surface area (Å²) in [5.74, 6) is 0.0850. The topological polar surface area (TPSA) is 41.1 Å². The molecule has 0 radical (unpaired) electrons. The number of benzene rings is 1. The molecule has 0 heterocycles. The van der Waals surface area contributed by atoms with E-state index in [0.717, 1.165) is 5.56 Å². The van der Waals surface area contributed by atoms with E-state index in [0.29, 0.717) is 13.0 Å². The molecule has 1 rings (SSSR count). The van der Waals surface area contributed by atoms with Gasteiger partial charge in [0.15, 0.2) is 0 Å². The van der Waals surface area contributed by atoms with Gasteiger partial charge in [-0.1, -0.05) is 45.0 Å². The molecule has 0 aliphatic carbocycles. The van der Waals surface area contributed by atoms with Crippen molar-refractivity contribution in [1.29, 1.82) is 0 Å². The molecule has 19 heavy (non-hydrogen) atoms. The molecule has 0 aromatic heterocycles. The summed E-state index contributed by atoms with van der Waals surface area (Å²) in [4.78, 5) is 11.7. The number of hydrogen-bond donors (Lipinski definition) is 2. The Labute approximate surface area is 116 Å². The Morgan fingerprint density at radius 3 is 2.26 bits per heavy atom. The number of carbonyl (C=O) groups excluding carboxylic acids is 1. The first-order valence-electron chi connectivity index (χ1n) is 6.89. The lowest BCUT2D eigenvalue weighted by Gasteiger charge is -2.20. The van der Waals surface area contributed by atoms with Gasteiger partial charge in [0.25, 0.3) is 0 Å². The van der Waals surface area contributed by atoms with Gasteiger partial charge < -0.3 is 10.6 Å². The summed E-state index contributed by atoms with van der Waals surface area (Å²) in [7, 11) is 1.85. The molecule has 0 fully saturated rings. The highest BCUT2D eigenvalue weighted by molar-refractivity contribution is 5.76. The van der Waals surface area contributed by atoms with Gasteiger partial charge in [-0.2, -0.15) is 0 Å².